The summed E-state index contributed by atoms with van der Waals surface area (Å²) in [5.41, 5.74) is 0.859. The lowest BCUT2D eigenvalue weighted by Crippen LogP contribution is -1.98. The van der Waals surface area contributed by atoms with E-state index in [4.69, 9.17) is 4.74 Å². The predicted molar refractivity (Wildman–Crippen MR) is 95.5 cm³/mol. The zero-order valence-corrected chi connectivity index (χ0v) is 14.8. The summed E-state index contributed by atoms with van der Waals surface area (Å²) in [6, 6.07) is 12.3. The fourth-order valence-corrected chi connectivity index (χ4v) is 2.86. The van der Waals surface area contributed by atoms with E-state index < -0.39 is 0 Å². The van der Waals surface area contributed by atoms with E-state index in [2.05, 4.69) is 51.4 Å². The summed E-state index contributed by atoms with van der Waals surface area (Å²) in [6.45, 7) is 3.56. The Labute approximate surface area is 144 Å². The molecule has 1 heterocycles. The zero-order valence-electron chi connectivity index (χ0n) is 13.2. The van der Waals surface area contributed by atoms with Crippen LogP contribution in [0, 0.1) is 0 Å². The first-order valence-corrected chi connectivity index (χ1v) is 8.75. The number of aryl methyl sites for hydroxylation is 1. The van der Waals surface area contributed by atoms with Gasteiger partial charge in [0.25, 0.3) is 0 Å². The maximum atomic E-state index is 5.84. The van der Waals surface area contributed by atoms with Gasteiger partial charge in [-0.15, -0.1) is 5.10 Å². The highest BCUT2D eigenvalue weighted by Gasteiger charge is 2.03. The van der Waals surface area contributed by atoms with Gasteiger partial charge < -0.3 is 4.74 Å². The number of halogens is 1. The summed E-state index contributed by atoms with van der Waals surface area (Å²) in [5.74, 6) is 0.848. The molecule has 1 aromatic heterocycles. The summed E-state index contributed by atoms with van der Waals surface area (Å²) in [4.78, 5) is 0. The fraction of sp³-hybridized carbons (Fsp3) is 0.333. The van der Waals surface area contributed by atoms with Crippen LogP contribution in [0.4, 0.5) is 0 Å². The third-order valence-corrected chi connectivity index (χ3v) is 4.23. The molecule has 5 heteroatoms. The highest BCUT2D eigenvalue weighted by molar-refractivity contribution is 9.10. The summed E-state index contributed by atoms with van der Waals surface area (Å²) >= 11 is 3.49. The highest BCUT2D eigenvalue weighted by Crippen LogP contribution is 2.24. The minimum Gasteiger partial charge on any atom is -0.487 e. The zero-order chi connectivity index (χ0) is 16.1. The molecule has 4 nitrogen and oxygen atoms in total. The van der Waals surface area contributed by atoms with Gasteiger partial charge in [0.2, 0.25) is 0 Å². The average molecular weight is 374 g/mol. The number of hydrogen-bond donors (Lipinski definition) is 0. The molecule has 0 unspecified atom stereocenters. The Balaban J connectivity index is 1.60. The Morgan fingerprint density at radius 2 is 1.91 bits per heavy atom. The Morgan fingerprint density at radius 3 is 2.78 bits per heavy atom. The minimum absolute atomic E-state index is 0.440. The molecular formula is C18H20BrN3O. The molecule has 0 fully saturated rings. The lowest BCUT2D eigenvalue weighted by Gasteiger charge is -2.06. The van der Waals surface area contributed by atoms with Gasteiger partial charge in [-0.05, 0) is 41.5 Å². The van der Waals surface area contributed by atoms with Crippen LogP contribution in [-0.4, -0.2) is 15.0 Å². The molecule has 120 valence electrons. The van der Waals surface area contributed by atoms with Gasteiger partial charge in [-0.2, -0.15) is 0 Å². The summed E-state index contributed by atoms with van der Waals surface area (Å²) in [7, 11) is 0. The van der Waals surface area contributed by atoms with Crippen LogP contribution < -0.4 is 4.74 Å². The summed E-state index contributed by atoms with van der Waals surface area (Å²) in [6.07, 6.45) is 5.54. The van der Waals surface area contributed by atoms with Gasteiger partial charge >= 0.3 is 0 Å². The number of nitrogens with zero attached hydrogens (tertiary/aromatic N) is 3. The van der Waals surface area contributed by atoms with Gasteiger partial charge in [-0.1, -0.05) is 53.0 Å². The van der Waals surface area contributed by atoms with Crippen molar-refractivity contribution in [3.8, 4) is 5.75 Å². The second-order valence-electron chi connectivity index (χ2n) is 5.62. The summed E-state index contributed by atoms with van der Waals surface area (Å²) < 4.78 is 8.82. The predicted octanol–water partition coefficient (Wildman–Crippen LogP) is 4.96. The Bertz CT molecular complexity index is 785. The smallest absolute Gasteiger partial charge is 0.134 e. The number of rotatable bonds is 7. The van der Waals surface area contributed by atoms with Crippen molar-refractivity contribution in [1.29, 1.82) is 0 Å². The van der Waals surface area contributed by atoms with Crippen LogP contribution in [0.2, 0.25) is 0 Å². The molecule has 0 saturated carbocycles. The Morgan fingerprint density at radius 1 is 1.09 bits per heavy atom. The molecule has 0 spiro atoms. The average Bonchev–Trinajstić information content (AvgIpc) is 3.01. The van der Waals surface area contributed by atoms with Crippen LogP contribution in [0.15, 0.2) is 47.1 Å². The number of benzene rings is 2. The van der Waals surface area contributed by atoms with Crippen molar-refractivity contribution in [3.05, 3.63) is 52.8 Å². The van der Waals surface area contributed by atoms with E-state index >= 15 is 0 Å². The lowest BCUT2D eigenvalue weighted by atomic mass is 10.1. The second kappa shape index (κ2) is 7.59. The topological polar surface area (TPSA) is 39.9 Å². The van der Waals surface area contributed by atoms with Crippen LogP contribution in [0.3, 0.4) is 0 Å². The standard InChI is InChI=1S/C18H20BrN3O/c1-2-3-4-9-22-12-17(20-21-22)13-23-18-8-6-14-10-16(19)7-5-15(14)11-18/h5-8,10-12H,2-4,9,13H2,1H3. The Hall–Kier alpha value is -1.88. The molecule has 0 aliphatic carbocycles. The number of aromatic nitrogens is 3. The first-order valence-electron chi connectivity index (χ1n) is 7.96. The normalized spacial score (nSPS) is 11.0. The Kier molecular flexibility index (Phi) is 5.28. The van der Waals surface area contributed by atoms with E-state index in [-0.39, 0.29) is 0 Å². The van der Waals surface area contributed by atoms with E-state index in [0.29, 0.717) is 6.61 Å². The third-order valence-electron chi connectivity index (χ3n) is 3.74. The third kappa shape index (κ3) is 4.32. The monoisotopic (exact) mass is 373 g/mol. The molecule has 23 heavy (non-hydrogen) atoms. The van der Waals surface area contributed by atoms with E-state index in [1.807, 2.05) is 29.1 Å². The van der Waals surface area contributed by atoms with Gasteiger partial charge in [0.15, 0.2) is 0 Å². The van der Waals surface area contributed by atoms with Gasteiger partial charge in [0.05, 0.1) is 6.20 Å². The SMILES string of the molecule is CCCCCn1cc(COc2ccc3cc(Br)ccc3c2)nn1. The molecule has 0 aliphatic rings. The molecule has 0 atom stereocenters. The van der Waals surface area contributed by atoms with E-state index in [0.717, 1.165) is 34.3 Å². The molecule has 0 bridgehead atoms. The van der Waals surface area contributed by atoms with Crippen molar-refractivity contribution in [2.75, 3.05) is 0 Å². The molecule has 0 radical (unpaired) electrons. The lowest BCUT2D eigenvalue weighted by molar-refractivity contribution is 0.301. The maximum absolute atomic E-state index is 5.84. The second-order valence-corrected chi connectivity index (χ2v) is 6.54. The molecule has 3 aromatic rings. The van der Waals surface area contributed by atoms with Gasteiger partial charge in [-0.3, -0.25) is 4.68 Å². The highest BCUT2D eigenvalue weighted by atomic mass is 79.9. The van der Waals surface area contributed by atoms with Crippen molar-refractivity contribution in [2.24, 2.45) is 0 Å². The molecular weight excluding hydrogens is 354 g/mol. The van der Waals surface area contributed by atoms with Crippen molar-refractivity contribution >= 4 is 26.7 Å². The van der Waals surface area contributed by atoms with Crippen molar-refractivity contribution < 1.29 is 4.74 Å². The van der Waals surface area contributed by atoms with Crippen molar-refractivity contribution in [3.63, 3.8) is 0 Å². The molecule has 2 aromatic carbocycles. The van der Waals surface area contributed by atoms with Crippen molar-refractivity contribution in [2.45, 2.75) is 39.3 Å². The fourth-order valence-electron chi connectivity index (χ4n) is 2.48. The number of ether oxygens (including phenoxy) is 1. The minimum atomic E-state index is 0.440. The van der Waals surface area contributed by atoms with Crippen molar-refractivity contribution in [1.82, 2.24) is 15.0 Å². The number of fused-ring (bicyclic) bond motifs is 1. The first-order chi connectivity index (χ1) is 11.2. The molecule has 0 aliphatic heterocycles. The van der Waals surface area contributed by atoms with Crippen LogP contribution in [0.5, 0.6) is 5.75 Å². The summed E-state index contributed by atoms with van der Waals surface area (Å²) in [5, 5.41) is 10.7. The first kappa shape index (κ1) is 16.0. The van der Waals surface area contributed by atoms with E-state index in [1.54, 1.807) is 0 Å². The van der Waals surface area contributed by atoms with Crippen LogP contribution >= 0.6 is 15.9 Å². The van der Waals surface area contributed by atoms with E-state index in [9.17, 15) is 0 Å². The largest absolute Gasteiger partial charge is 0.487 e. The van der Waals surface area contributed by atoms with Crippen LogP contribution in [0.25, 0.3) is 10.8 Å². The maximum Gasteiger partial charge on any atom is 0.134 e. The molecule has 0 N–H and O–H groups in total. The molecule has 3 rings (SSSR count). The number of unbranched alkanes of at least 4 members (excludes halogenated alkanes) is 2. The molecule has 0 amide bonds. The quantitative estimate of drug-likeness (QED) is 0.549. The number of hydrogen-bond acceptors (Lipinski definition) is 3. The van der Waals surface area contributed by atoms with Crippen LogP contribution in [-0.2, 0) is 13.2 Å². The van der Waals surface area contributed by atoms with Gasteiger partial charge in [0, 0.05) is 11.0 Å². The van der Waals surface area contributed by atoms with Gasteiger partial charge in [0.1, 0.15) is 18.1 Å². The van der Waals surface area contributed by atoms with Crippen LogP contribution in [0.1, 0.15) is 31.9 Å². The van der Waals surface area contributed by atoms with Gasteiger partial charge in [-0.25, -0.2) is 0 Å². The molecule has 0 saturated heterocycles. The van der Waals surface area contributed by atoms with E-state index in [1.165, 1.54) is 18.2 Å².